The molecule has 0 bridgehead atoms. The van der Waals surface area contributed by atoms with Gasteiger partial charge in [-0.25, -0.2) is 15.0 Å². The van der Waals surface area contributed by atoms with E-state index >= 15 is 0 Å². The van der Waals surface area contributed by atoms with Crippen molar-refractivity contribution >= 4 is 17.0 Å². The van der Waals surface area contributed by atoms with Crippen molar-refractivity contribution in [3.63, 3.8) is 0 Å². The molecule has 0 radical (unpaired) electrons. The monoisotopic (exact) mass is 259 g/mol. The van der Waals surface area contributed by atoms with Gasteiger partial charge in [-0.05, 0) is 0 Å². The molecule has 3 N–H and O–H groups in total. The van der Waals surface area contributed by atoms with Gasteiger partial charge in [0, 0.05) is 26.2 Å². The van der Waals surface area contributed by atoms with Crippen LogP contribution in [0.2, 0.25) is 0 Å². The number of aromatic amines is 1. The van der Waals surface area contributed by atoms with Crippen LogP contribution in [0.3, 0.4) is 0 Å². The molecule has 2 aromatic heterocycles. The Morgan fingerprint density at radius 2 is 2.16 bits per heavy atom. The molecule has 19 heavy (non-hydrogen) atoms. The molecule has 7 nitrogen and oxygen atoms in total. The van der Waals surface area contributed by atoms with Gasteiger partial charge in [0.25, 0.3) is 0 Å². The quantitative estimate of drug-likeness (QED) is 0.680. The Bertz CT molecular complexity index is 558. The Balaban J connectivity index is 1.81. The minimum atomic E-state index is 0.0527. The maximum absolute atomic E-state index is 4.27. The zero-order chi connectivity index (χ0) is 13.1. The Morgan fingerprint density at radius 1 is 1.32 bits per heavy atom. The Labute approximate surface area is 111 Å². The maximum atomic E-state index is 4.27. The van der Waals surface area contributed by atoms with Crippen molar-refractivity contribution in [3.8, 4) is 0 Å². The first-order chi connectivity index (χ1) is 9.38. The molecular weight excluding hydrogens is 242 g/mol. The molecule has 1 saturated heterocycles. The van der Waals surface area contributed by atoms with Crippen LogP contribution in [0.25, 0.3) is 11.2 Å². The fourth-order valence-corrected chi connectivity index (χ4v) is 2.27. The molecule has 0 amide bonds. The molecule has 1 unspecified atom stereocenters. The van der Waals surface area contributed by atoms with Gasteiger partial charge in [-0.2, -0.15) is 0 Å². The molecule has 1 fully saturated rings. The number of hydrogen-bond acceptors (Lipinski definition) is 6. The third-order valence-corrected chi connectivity index (χ3v) is 3.27. The summed E-state index contributed by atoms with van der Waals surface area (Å²) in [6.45, 7) is 7.86. The Hall–Kier alpha value is -1.99. The number of rotatable bonds is 4. The highest BCUT2D eigenvalue weighted by molar-refractivity contribution is 5.82. The first kappa shape index (κ1) is 12.1. The van der Waals surface area contributed by atoms with Gasteiger partial charge in [-0.3, -0.25) is 4.90 Å². The van der Waals surface area contributed by atoms with E-state index in [1.807, 2.05) is 6.08 Å². The number of fused-ring (bicyclic) bond motifs is 1. The number of aromatic nitrogens is 4. The molecule has 2 aromatic rings. The summed E-state index contributed by atoms with van der Waals surface area (Å²) in [5, 5.41) is 6.71. The minimum Gasteiger partial charge on any atom is -0.349 e. The fraction of sp³-hybridized carbons (Fsp3) is 0.417. The molecule has 1 atom stereocenters. The van der Waals surface area contributed by atoms with E-state index in [-0.39, 0.29) is 6.17 Å². The van der Waals surface area contributed by atoms with Crippen LogP contribution >= 0.6 is 0 Å². The average molecular weight is 259 g/mol. The van der Waals surface area contributed by atoms with Crippen LogP contribution in [0, 0.1) is 0 Å². The molecule has 1 aliphatic rings. The number of hydrogen-bond donors (Lipinski definition) is 3. The molecule has 3 heterocycles. The van der Waals surface area contributed by atoms with E-state index in [9.17, 15) is 0 Å². The molecule has 0 saturated carbocycles. The molecule has 7 heteroatoms. The third-order valence-electron chi connectivity index (χ3n) is 3.27. The van der Waals surface area contributed by atoms with Gasteiger partial charge < -0.3 is 15.6 Å². The van der Waals surface area contributed by atoms with Crippen LogP contribution in [-0.4, -0.2) is 57.2 Å². The van der Waals surface area contributed by atoms with E-state index < -0.39 is 0 Å². The van der Waals surface area contributed by atoms with E-state index in [1.165, 1.54) is 6.33 Å². The van der Waals surface area contributed by atoms with Crippen molar-refractivity contribution in [1.29, 1.82) is 0 Å². The lowest BCUT2D eigenvalue weighted by Gasteiger charge is -2.33. The van der Waals surface area contributed by atoms with E-state index in [4.69, 9.17) is 0 Å². The first-order valence-corrected chi connectivity index (χ1v) is 6.36. The minimum absolute atomic E-state index is 0.0527. The lowest BCUT2D eigenvalue weighted by atomic mass is 10.3. The molecule has 0 aromatic carbocycles. The van der Waals surface area contributed by atoms with Crippen LogP contribution in [0.5, 0.6) is 0 Å². The summed E-state index contributed by atoms with van der Waals surface area (Å²) in [6, 6.07) is 0. The summed E-state index contributed by atoms with van der Waals surface area (Å²) in [6.07, 6.45) is 5.10. The molecule has 0 spiro atoms. The fourth-order valence-electron chi connectivity index (χ4n) is 2.27. The topological polar surface area (TPSA) is 81.8 Å². The number of imidazole rings is 1. The molecule has 1 aliphatic heterocycles. The molecule has 100 valence electrons. The van der Waals surface area contributed by atoms with Gasteiger partial charge in [0.2, 0.25) is 0 Å². The van der Waals surface area contributed by atoms with Crippen molar-refractivity contribution in [2.75, 3.05) is 31.5 Å². The Kier molecular flexibility index (Phi) is 3.39. The second-order valence-corrected chi connectivity index (χ2v) is 4.43. The molecular formula is C12H17N7. The van der Waals surface area contributed by atoms with Crippen molar-refractivity contribution in [2.24, 2.45) is 0 Å². The number of anilines is 1. The number of piperazine rings is 1. The predicted octanol–water partition coefficient (Wildman–Crippen LogP) is 0.182. The van der Waals surface area contributed by atoms with Crippen LogP contribution in [0.1, 0.15) is 0 Å². The average Bonchev–Trinajstić information content (AvgIpc) is 2.95. The smallest absolute Gasteiger partial charge is 0.162 e. The van der Waals surface area contributed by atoms with Gasteiger partial charge in [0.15, 0.2) is 11.5 Å². The third kappa shape index (κ3) is 2.42. The van der Waals surface area contributed by atoms with E-state index in [1.54, 1.807) is 6.33 Å². The highest BCUT2D eigenvalue weighted by Gasteiger charge is 2.19. The van der Waals surface area contributed by atoms with Gasteiger partial charge >= 0.3 is 0 Å². The van der Waals surface area contributed by atoms with Gasteiger partial charge in [0.1, 0.15) is 11.8 Å². The summed E-state index contributed by atoms with van der Waals surface area (Å²) in [5.74, 6) is 0.731. The van der Waals surface area contributed by atoms with Gasteiger partial charge in [-0.1, -0.05) is 12.7 Å². The zero-order valence-corrected chi connectivity index (χ0v) is 10.6. The molecule has 3 rings (SSSR count). The largest absolute Gasteiger partial charge is 0.349 e. The standard InChI is InChI=1S/C12H17N7/c1-2-9(19-5-3-13-4-6-19)18-12-10-11(15-7-14-10)16-8-17-12/h2,7-9,13H,1,3-6H2,(H2,14,15,16,17,18). The lowest BCUT2D eigenvalue weighted by molar-refractivity contribution is 0.217. The van der Waals surface area contributed by atoms with Gasteiger partial charge in [0.05, 0.1) is 12.5 Å². The highest BCUT2D eigenvalue weighted by atomic mass is 15.3. The lowest BCUT2D eigenvalue weighted by Crippen LogP contribution is -2.50. The van der Waals surface area contributed by atoms with Crippen LogP contribution in [0.15, 0.2) is 25.3 Å². The Morgan fingerprint density at radius 3 is 2.95 bits per heavy atom. The summed E-state index contributed by atoms with van der Waals surface area (Å²) >= 11 is 0. The number of nitrogens with one attached hydrogen (secondary N) is 3. The van der Waals surface area contributed by atoms with Gasteiger partial charge in [-0.15, -0.1) is 0 Å². The second-order valence-electron chi connectivity index (χ2n) is 4.43. The highest BCUT2D eigenvalue weighted by Crippen LogP contribution is 2.16. The first-order valence-electron chi connectivity index (χ1n) is 6.36. The van der Waals surface area contributed by atoms with Crippen molar-refractivity contribution in [1.82, 2.24) is 30.2 Å². The number of nitrogens with zero attached hydrogens (tertiary/aromatic N) is 4. The van der Waals surface area contributed by atoms with Crippen molar-refractivity contribution in [2.45, 2.75) is 6.17 Å². The summed E-state index contributed by atoms with van der Waals surface area (Å²) in [5.41, 5.74) is 1.49. The predicted molar refractivity (Wildman–Crippen MR) is 73.7 cm³/mol. The normalized spacial score (nSPS) is 18.3. The van der Waals surface area contributed by atoms with Crippen LogP contribution in [-0.2, 0) is 0 Å². The van der Waals surface area contributed by atoms with Crippen molar-refractivity contribution in [3.05, 3.63) is 25.3 Å². The second kappa shape index (κ2) is 5.33. The maximum Gasteiger partial charge on any atom is 0.162 e. The van der Waals surface area contributed by atoms with E-state index in [0.29, 0.717) is 0 Å². The summed E-state index contributed by atoms with van der Waals surface area (Å²) in [7, 11) is 0. The summed E-state index contributed by atoms with van der Waals surface area (Å²) < 4.78 is 0. The van der Waals surface area contributed by atoms with E-state index in [2.05, 4.69) is 42.0 Å². The zero-order valence-electron chi connectivity index (χ0n) is 10.6. The van der Waals surface area contributed by atoms with Crippen LogP contribution in [0.4, 0.5) is 5.82 Å². The summed E-state index contributed by atoms with van der Waals surface area (Å²) in [4.78, 5) is 17.9. The van der Waals surface area contributed by atoms with Crippen LogP contribution < -0.4 is 10.6 Å². The number of H-pyrrole nitrogens is 1. The molecule has 0 aliphatic carbocycles. The van der Waals surface area contributed by atoms with E-state index in [0.717, 1.165) is 43.2 Å². The SMILES string of the molecule is C=CC(Nc1ncnc2[nH]cnc12)N1CCNCC1. The van der Waals surface area contributed by atoms with Crippen molar-refractivity contribution < 1.29 is 0 Å².